The van der Waals surface area contributed by atoms with E-state index in [9.17, 15) is 5.11 Å². The molecule has 1 N–H and O–H groups in total. The van der Waals surface area contributed by atoms with Crippen LogP contribution in [0.3, 0.4) is 0 Å². The minimum Gasteiger partial charge on any atom is -0.493 e. The number of hydrogen-bond donors (Lipinski definition) is 1. The lowest BCUT2D eigenvalue weighted by atomic mass is 9.66. The lowest BCUT2D eigenvalue weighted by Crippen LogP contribution is -2.33. The summed E-state index contributed by atoms with van der Waals surface area (Å²) < 4.78 is 39.6. The van der Waals surface area contributed by atoms with Gasteiger partial charge in [-0.2, -0.15) is 0 Å². The second-order valence-corrected chi connectivity index (χ2v) is 7.89. The third-order valence-electron chi connectivity index (χ3n) is 6.58. The Bertz CT molecular complexity index is 963. The monoisotopic (exact) mass is 446 g/mol. The van der Waals surface area contributed by atoms with Crippen LogP contribution < -0.4 is 28.4 Å². The number of aliphatic hydroxyl groups is 1. The molecule has 0 bridgehead atoms. The molecule has 8 nitrogen and oxygen atoms in total. The molecular weight excluding hydrogens is 416 g/mol. The second kappa shape index (κ2) is 8.96. The van der Waals surface area contributed by atoms with Gasteiger partial charge < -0.3 is 38.3 Å². The Morgan fingerprint density at radius 2 is 1.22 bits per heavy atom. The van der Waals surface area contributed by atoms with Gasteiger partial charge in [-0.3, -0.25) is 0 Å². The van der Waals surface area contributed by atoms with Crippen molar-refractivity contribution in [3.8, 4) is 34.5 Å². The number of benzene rings is 2. The molecule has 32 heavy (non-hydrogen) atoms. The van der Waals surface area contributed by atoms with Gasteiger partial charge in [0.1, 0.15) is 0 Å². The topological polar surface area (TPSA) is 84.8 Å². The van der Waals surface area contributed by atoms with Gasteiger partial charge in [-0.25, -0.2) is 0 Å². The van der Waals surface area contributed by atoms with Crippen molar-refractivity contribution in [3.05, 3.63) is 34.9 Å². The van der Waals surface area contributed by atoms with Crippen LogP contribution in [0.15, 0.2) is 18.2 Å². The molecule has 2 aromatic carbocycles. The molecule has 2 aromatic rings. The molecule has 1 fully saturated rings. The van der Waals surface area contributed by atoms with E-state index in [0.717, 1.165) is 16.7 Å². The van der Waals surface area contributed by atoms with E-state index in [0.29, 0.717) is 47.7 Å². The standard InChI is InChI=1S/C24H30O8/c1-26-16-7-12(8-17(27-2)22(16)29-4)19-14-10-32-11-15(14)21(25)13-9-18(28-3)23(30-5)24(31-6)20(13)19/h7-9,14-15,19,21,25H,10-11H2,1-6H3/t14-,15-,19+,21-/m1/s1. The highest BCUT2D eigenvalue weighted by Gasteiger charge is 2.48. The molecule has 8 heteroatoms. The summed E-state index contributed by atoms with van der Waals surface area (Å²) in [7, 11) is 9.49. The summed E-state index contributed by atoms with van der Waals surface area (Å²) in [4.78, 5) is 0. The van der Waals surface area contributed by atoms with Crippen molar-refractivity contribution in [1.82, 2.24) is 0 Å². The number of methoxy groups -OCH3 is 6. The van der Waals surface area contributed by atoms with Crippen molar-refractivity contribution in [2.45, 2.75) is 12.0 Å². The number of fused-ring (bicyclic) bond motifs is 2. The first-order valence-corrected chi connectivity index (χ1v) is 10.4. The molecule has 0 spiro atoms. The SMILES string of the molecule is COc1cc([C@@H]2c3c(cc(OC)c(OC)c3OC)[C@@H](O)[C@@H]3COC[C@@H]23)cc(OC)c1OC. The molecule has 2 aliphatic rings. The zero-order valence-corrected chi connectivity index (χ0v) is 19.3. The maximum Gasteiger partial charge on any atom is 0.203 e. The normalized spacial score (nSPS) is 23.7. The van der Waals surface area contributed by atoms with Crippen molar-refractivity contribution in [1.29, 1.82) is 0 Å². The summed E-state index contributed by atoms with van der Waals surface area (Å²) in [6.07, 6.45) is -0.718. The summed E-state index contributed by atoms with van der Waals surface area (Å²) in [6, 6.07) is 5.72. The Balaban J connectivity index is 2.02. The highest BCUT2D eigenvalue weighted by Crippen LogP contribution is 2.58. The fourth-order valence-corrected chi connectivity index (χ4v) is 5.16. The molecule has 0 amide bonds. The fourth-order valence-electron chi connectivity index (χ4n) is 5.16. The Labute approximate surface area is 187 Å². The molecule has 1 aliphatic carbocycles. The third-order valence-corrected chi connectivity index (χ3v) is 6.58. The molecule has 4 atom stereocenters. The fraction of sp³-hybridized carbons (Fsp3) is 0.500. The van der Waals surface area contributed by atoms with Crippen LogP contribution in [-0.4, -0.2) is 61.0 Å². The predicted molar refractivity (Wildman–Crippen MR) is 117 cm³/mol. The van der Waals surface area contributed by atoms with Crippen LogP contribution in [-0.2, 0) is 4.74 Å². The van der Waals surface area contributed by atoms with Crippen molar-refractivity contribution in [2.24, 2.45) is 11.8 Å². The van der Waals surface area contributed by atoms with E-state index in [1.54, 1.807) is 42.7 Å². The molecule has 0 radical (unpaired) electrons. The smallest absolute Gasteiger partial charge is 0.203 e. The van der Waals surface area contributed by atoms with E-state index < -0.39 is 6.10 Å². The average Bonchev–Trinajstić information content (AvgIpc) is 3.32. The number of ether oxygens (including phenoxy) is 7. The molecule has 174 valence electrons. The molecule has 0 unspecified atom stereocenters. The van der Waals surface area contributed by atoms with Crippen molar-refractivity contribution < 1.29 is 38.3 Å². The summed E-state index contributed by atoms with van der Waals surface area (Å²) >= 11 is 0. The van der Waals surface area contributed by atoms with Crippen LogP contribution in [0.1, 0.15) is 28.7 Å². The molecular formula is C24H30O8. The van der Waals surface area contributed by atoms with E-state index in [2.05, 4.69) is 0 Å². The minimum atomic E-state index is -0.718. The molecule has 0 aromatic heterocycles. The zero-order chi connectivity index (χ0) is 23.0. The summed E-state index contributed by atoms with van der Waals surface area (Å²) in [5, 5.41) is 11.3. The first-order chi connectivity index (χ1) is 15.5. The highest BCUT2D eigenvalue weighted by molar-refractivity contribution is 5.65. The largest absolute Gasteiger partial charge is 0.493 e. The molecule has 0 saturated carbocycles. The number of hydrogen-bond acceptors (Lipinski definition) is 8. The quantitative estimate of drug-likeness (QED) is 0.694. The Kier molecular flexibility index (Phi) is 6.26. The van der Waals surface area contributed by atoms with E-state index in [1.807, 2.05) is 18.2 Å². The Hall–Kier alpha value is -2.84. The lowest BCUT2D eigenvalue weighted by molar-refractivity contribution is 0.0676. The van der Waals surface area contributed by atoms with Gasteiger partial charge in [-0.05, 0) is 29.3 Å². The maximum absolute atomic E-state index is 11.3. The Morgan fingerprint density at radius 3 is 1.75 bits per heavy atom. The summed E-state index contributed by atoms with van der Waals surface area (Å²) in [5.74, 6) is 2.94. The minimum absolute atomic E-state index is 0.0207. The van der Waals surface area contributed by atoms with Crippen molar-refractivity contribution in [3.63, 3.8) is 0 Å². The van der Waals surface area contributed by atoms with Gasteiger partial charge in [0, 0.05) is 23.3 Å². The molecule has 1 saturated heterocycles. The maximum atomic E-state index is 11.3. The average molecular weight is 446 g/mol. The van der Waals surface area contributed by atoms with Gasteiger partial charge in [0.05, 0.1) is 62.0 Å². The summed E-state index contributed by atoms with van der Waals surface area (Å²) in [6.45, 7) is 0.989. The van der Waals surface area contributed by atoms with E-state index in [-0.39, 0.29) is 17.8 Å². The lowest BCUT2D eigenvalue weighted by Gasteiger charge is -2.39. The van der Waals surface area contributed by atoms with Crippen LogP contribution in [0.25, 0.3) is 0 Å². The third kappa shape index (κ3) is 3.29. The van der Waals surface area contributed by atoms with E-state index in [1.165, 1.54) is 0 Å². The molecule has 1 aliphatic heterocycles. The first kappa shape index (κ1) is 22.4. The van der Waals surface area contributed by atoms with E-state index >= 15 is 0 Å². The van der Waals surface area contributed by atoms with Crippen LogP contribution in [0.4, 0.5) is 0 Å². The molecule has 1 heterocycles. The Morgan fingerprint density at radius 1 is 0.688 bits per heavy atom. The van der Waals surface area contributed by atoms with Gasteiger partial charge in [0.15, 0.2) is 23.0 Å². The van der Waals surface area contributed by atoms with Crippen LogP contribution >= 0.6 is 0 Å². The number of rotatable bonds is 7. The highest BCUT2D eigenvalue weighted by atomic mass is 16.5. The van der Waals surface area contributed by atoms with Crippen LogP contribution in [0.2, 0.25) is 0 Å². The first-order valence-electron chi connectivity index (χ1n) is 10.4. The molecule has 4 rings (SSSR count). The van der Waals surface area contributed by atoms with Gasteiger partial charge >= 0.3 is 0 Å². The van der Waals surface area contributed by atoms with Crippen molar-refractivity contribution >= 4 is 0 Å². The van der Waals surface area contributed by atoms with E-state index in [4.69, 9.17) is 33.2 Å². The van der Waals surface area contributed by atoms with Gasteiger partial charge in [-0.1, -0.05) is 0 Å². The predicted octanol–water partition coefficient (Wildman–Crippen LogP) is 3.18. The zero-order valence-electron chi connectivity index (χ0n) is 19.3. The summed E-state index contributed by atoms with van der Waals surface area (Å²) in [5.41, 5.74) is 2.53. The van der Waals surface area contributed by atoms with Gasteiger partial charge in [0.25, 0.3) is 0 Å². The van der Waals surface area contributed by atoms with Gasteiger partial charge in [-0.15, -0.1) is 0 Å². The van der Waals surface area contributed by atoms with Crippen LogP contribution in [0, 0.1) is 11.8 Å². The second-order valence-electron chi connectivity index (χ2n) is 7.89. The van der Waals surface area contributed by atoms with Crippen molar-refractivity contribution in [2.75, 3.05) is 55.9 Å². The van der Waals surface area contributed by atoms with Crippen LogP contribution in [0.5, 0.6) is 34.5 Å². The number of aliphatic hydroxyl groups excluding tert-OH is 1. The van der Waals surface area contributed by atoms with Gasteiger partial charge in [0.2, 0.25) is 11.5 Å².